The van der Waals surface area contributed by atoms with Crippen LogP contribution in [-0.2, 0) is 16.2 Å². The molecule has 0 heterocycles. The van der Waals surface area contributed by atoms with Crippen molar-refractivity contribution in [3.8, 4) is 39.4 Å². The van der Waals surface area contributed by atoms with Gasteiger partial charge in [-0.05, 0) is 224 Å². The first-order valence-electron chi connectivity index (χ1n) is 28.9. The van der Waals surface area contributed by atoms with Gasteiger partial charge in [-0.2, -0.15) is 5.26 Å². The third kappa shape index (κ3) is 9.07. The SMILES string of the molecule is [C-]#[N+]c1ccc(N(c2cc(C)cc(C)c2)c2ccc3c(c2)C(C)(C)c2cc(C=Cc4ccc5c(c4)C(C)(C)c4cc(C=Cc6ccc7c(c6)C(C)(C)c6cc(N(c8ccc(C#N)cc8)c8cc(C)cc(C)c8)ccc6-7)ccc4-5)ccc2-3)cc1. The molecule has 13 rings (SSSR count). The molecular formula is C79H66N4. The molecular weight excluding hydrogens is 1000 g/mol. The molecule has 0 radical (unpaired) electrons. The molecule has 83 heavy (non-hydrogen) atoms. The summed E-state index contributed by atoms with van der Waals surface area (Å²) < 4.78 is 0. The number of hydrogen-bond donors (Lipinski definition) is 0. The van der Waals surface area contributed by atoms with Crippen LogP contribution in [0, 0.1) is 45.6 Å². The van der Waals surface area contributed by atoms with Crippen LogP contribution >= 0.6 is 0 Å². The fraction of sp³-hybridized carbons (Fsp3) is 0.165. The van der Waals surface area contributed by atoms with Crippen LogP contribution in [0.25, 0.3) is 62.5 Å². The Balaban J connectivity index is 0.733. The van der Waals surface area contributed by atoms with Gasteiger partial charge in [-0.3, -0.25) is 0 Å². The lowest BCUT2D eigenvalue weighted by atomic mass is 9.81. The third-order valence-electron chi connectivity index (χ3n) is 18.0. The van der Waals surface area contributed by atoms with Gasteiger partial charge in [-0.15, -0.1) is 0 Å². The van der Waals surface area contributed by atoms with Crippen LogP contribution in [0.3, 0.4) is 0 Å². The average molecular weight is 1070 g/mol. The minimum atomic E-state index is -0.224. The number of nitriles is 1. The van der Waals surface area contributed by atoms with Crippen LogP contribution < -0.4 is 9.80 Å². The lowest BCUT2D eigenvalue weighted by Gasteiger charge is -2.28. The molecule has 0 atom stereocenters. The fourth-order valence-corrected chi connectivity index (χ4v) is 13.8. The molecule has 0 fully saturated rings. The molecule has 0 bridgehead atoms. The molecule has 0 aromatic heterocycles. The van der Waals surface area contributed by atoms with Gasteiger partial charge in [0, 0.05) is 50.4 Å². The molecule has 4 heteroatoms. The summed E-state index contributed by atoms with van der Waals surface area (Å²) in [5, 5.41) is 9.59. The summed E-state index contributed by atoms with van der Waals surface area (Å²) in [6, 6.07) is 73.2. The molecule has 402 valence electrons. The predicted molar refractivity (Wildman–Crippen MR) is 349 cm³/mol. The summed E-state index contributed by atoms with van der Waals surface area (Å²) in [5.41, 5.74) is 32.4. The molecule has 10 aromatic carbocycles. The highest BCUT2D eigenvalue weighted by atomic mass is 15.1. The van der Waals surface area contributed by atoms with Gasteiger partial charge < -0.3 is 9.80 Å². The quantitative estimate of drug-likeness (QED) is 0.101. The van der Waals surface area contributed by atoms with Crippen molar-refractivity contribution in [3.05, 3.63) is 289 Å². The first kappa shape index (κ1) is 52.6. The van der Waals surface area contributed by atoms with Crippen LogP contribution in [0.1, 0.15) is 125 Å². The maximum atomic E-state index is 9.59. The van der Waals surface area contributed by atoms with Crippen molar-refractivity contribution in [1.29, 1.82) is 5.26 Å². The van der Waals surface area contributed by atoms with E-state index >= 15 is 0 Å². The number of rotatable bonds is 10. The van der Waals surface area contributed by atoms with Gasteiger partial charge in [0.1, 0.15) is 0 Å². The zero-order valence-electron chi connectivity index (χ0n) is 49.1. The van der Waals surface area contributed by atoms with Crippen LogP contribution in [0.4, 0.5) is 39.8 Å². The maximum Gasteiger partial charge on any atom is 0.187 e. The summed E-state index contributed by atoms with van der Waals surface area (Å²) in [6.07, 6.45) is 9.09. The minimum absolute atomic E-state index is 0.175. The van der Waals surface area contributed by atoms with Crippen molar-refractivity contribution >= 4 is 64.1 Å². The van der Waals surface area contributed by atoms with Crippen LogP contribution in [0.2, 0.25) is 0 Å². The summed E-state index contributed by atoms with van der Waals surface area (Å²) in [6.45, 7) is 30.3. The molecule has 0 aliphatic heterocycles. The van der Waals surface area contributed by atoms with E-state index in [1.165, 1.54) is 111 Å². The molecule has 0 spiro atoms. The number of nitrogens with zero attached hydrogens (tertiary/aromatic N) is 4. The highest BCUT2D eigenvalue weighted by Crippen LogP contribution is 2.54. The van der Waals surface area contributed by atoms with Crippen LogP contribution in [0.5, 0.6) is 0 Å². The molecule has 0 saturated carbocycles. The summed E-state index contributed by atoms with van der Waals surface area (Å²) in [5.74, 6) is 0. The molecule has 3 aliphatic carbocycles. The first-order valence-corrected chi connectivity index (χ1v) is 28.9. The second-order valence-electron chi connectivity index (χ2n) is 24.9. The predicted octanol–water partition coefficient (Wildman–Crippen LogP) is 21.5. The zero-order chi connectivity index (χ0) is 57.7. The van der Waals surface area contributed by atoms with Gasteiger partial charge in [0.05, 0.1) is 18.2 Å². The molecule has 0 amide bonds. The fourth-order valence-electron chi connectivity index (χ4n) is 13.8. The Morgan fingerprint density at radius 3 is 0.916 bits per heavy atom. The lowest BCUT2D eigenvalue weighted by molar-refractivity contribution is 0.660. The van der Waals surface area contributed by atoms with Gasteiger partial charge in [0.15, 0.2) is 5.69 Å². The third-order valence-corrected chi connectivity index (χ3v) is 18.0. The number of benzene rings is 10. The van der Waals surface area contributed by atoms with E-state index in [-0.39, 0.29) is 16.2 Å². The van der Waals surface area contributed by atoms with Gasteiger partial charge in [0.25, 0.3) is 0 Å². The maximum absolute atomic E-state index is 9.59. The Morgan fingerprint density at radius 1 is 0.337 bits per heavy atom. The largest absolute Gasteiger partial charge is 0.311 e. The summed E-state index contributed by atoms with van der Waals surface area (Å²) in [7, 11) is 0. The van der Waals surface area contributed by atoms with Crippen molar-refractivity contribution in [2.24, 2.45) is 0 Å². The molecule has 10 aromatic rings. The number of anilines is 6. The van der Waals surface area contributed by atoms with Gasteiger partial charge >= 0.3 is 0 Å². The van der Waals surface area contributed by atoms with Crippen LogP contribution in [-0.4, -0.2) is 0 Å². The van der Waals surface area contributed by atoms with Gasteiger partial charge in [-0.1, -0.05) is 175 Å². The van der Waals surface area contributed by atoms with Crippen molar-refractivity contribution < 1.29 is 0 Å². The van der Waals surface area contributed by atoms with E-state index in [0.717, 1.165) is 34.1 Å². The van der Waals surface area contributed by atoms with Gasteiger partial charge in [-0.25, -0.2) is 4.85 Å². The van der Waals surface area contributed by atoms with Crippen molar-refractivity contribution in [2.45, 2.75) is 85.5 Å². The normalized spacial score (nSPS) is 14.3. The van der Waals surface area contributed by atoms with E-state index in [9.17, 15) is 5.26 Å². The monoisotopic (exact) mass is 1070 g/mol. The van der Waals surface area contributed by atoms with E-state index in [1.807, 2.05) is 36.4 Å². The second-order valence-corrected chi connectivity index (χ2v) is 24.9. The first-order chi connectivity index (χ1) is 39.9. The average Bonchev–Trinajstić information content (AvgIpc) is 1.92. The Bertz CT molecular complexity index is 4140. The molecule has 0 saturated heterocycles. The molecule has 4 nitrogen and oxygen atoms in total. The minimum Gasteiger partial charge on any atom is -0.311 e. The van der Waals surface area contributed by atoms with E-state index in [4.69, 9.17) is 6.57 Å². The summed E-state index contributed by atoms with van der Waals surface area (Å²) >= 11 is 0. The second kappa shape index (κ2) is 19.8. The summed E-state index contributed by atoms with van der Waals surface area (Å²) in [4.78, 5) is 8.30. The zero-order valence-corrected chi connectivity index (χ0v) is 49.1. The van der Waals surface area contributed by atoms with E-state index in [2.05, 4.69) is 272 Å². The number of hydrogen-bond acceptors (Lipinski definition) is 3. The highest BCUT2D eigenvalue weighted by molar-refractivity contribution is 5.90. The molecule has 3 aliphatic rings. The number of fused-ring (bicyclic) bond motifs is 9. The van der Waals surface area contributed by atoms with Crippen molar-refractivity contribution in [3.63, 3.8) is 0 Å². The van der Waals surface area contributed by atoms with Crippen LogP contribution in [0.15, 0.2) is 194 Å². The van der Waals surface area contributed by atoms with Crippen molar-refractivity contribution in [1.82, 2.24) is 0 Å². The molecule has 0 N–H and O–H groups in total. The van der Waals surface area contributed by atoms with Crippen molar-refractivity contribution in [2.75, 3.05) is 9.80 Å². The Hall–Kier alpha value is -9.74. The standard InChI is InChI=1S/C79H66N4/c1-49-36-50(2)39-63(38-49)82(59-24-16-57(48-80)17-25-59)61-28-34-69-67-32-20-55(44-73(67)78(7,8)75(69)46-61)14-12-53-18-30-65-66-31-19-54(43-72(66)77(5,6)71(65)42-53)13-15-56-21-33-68-70-35-29-62(47-76(70)79(9,10)74(68)45-56)83(60-26-22-58(81-11)23-27-60)64-40-51(3)37-52(4)41-64/h12-47H,1-10H3. The van der Waals surface area contributed by atoms with E-state index in [0.29, 0.717) is 11.3 Å². The Labute approximate surface area is 490 Å². The lowest BCUT2D eigenvalue weighted by Crippen LogP contribution is -2.17. The highest BCUT2D eigenvalue weighted by Gasteiger charge is 2.39. The van der Waals surface area contributed by atoms with Gasteiger partial charge in [0.2, 0.25) is 0 Å². The topological polar surface area (TPSA) is 34.6 Å². The number of aryl methyl sites for hydroxylation is 4. The smallest absolute Gasteiger partial charge is 0.187 e. The molecule has 0 unspecified atom stereocenters. The van der Waals surface area contributed by atoms with E-state index < -0.39 is 0 Å². The Kier molecular flexibility index (Phi) is 12.5. The Morgan fingerprint density at radius 2 is 0.614 bits per heavy atom. The van der Waals surface area contributed by atoms with E-state index in [1.54, 1.807) is 0 Å².